The molecule has 0 bridgehead atoms. The molecule has 2 nitrogen and oxygen atoms in total. The van der Waals surface area contributed by atoms with Gasteiger partial charge in [-0.1, -0.05) is 20.8 Å². The third kappa shape index (κ3) is 1.02. The van der Waals surface area contributed by atoms with Gasteiger partial charge in [0.25, 0.3) is 0 Å². The van der Waals surface area contributed by atoms with Crippen molar-refractivity contribution in [3.05, 3.63) is 0 Å². The van der Waals surface area contributed by atoms with Gasteiger partial charge in [0.05, 0.1) is 5.92 Å². The molecular formula is C8H15NO. The number of nitrogens with one attached hydrogen (secondary N) is 1. The second kappa shape index (κ2) is 2.60. The normalized spacial score (nSPS) is 31.8. The van der Waals surface area contributed by atoms with Crippen molar-refractivity contribution in [1.82, 2.24) is 5.32 Å². The van der Waals surface area contributed by atoms with Gasteiger partial charge >= 0.3 is 0 Å². The molecule has 0 aliphatic carbocycles. The molecule has 0 saturated carbocycles. The lowest BCUT2D eigenvalue weighted by Crippen LogP contribution is -2.60. The van der Waals surface area contributed by atoms with Crippen molar-refractivity contribution in [2.45, 2.75) is 33.2 Å². The molecule has 1 N–H and O–H groups in total. The van der Waals surface area contributed by atoms with Gasteiger partial charge in [0.15, 0.2) is 0 Å². The molecule has 0 aromatic carbocycles. The molecule has 1 aliphatic rings. The molecular weight excluding hydrogens is 126 g/mol. The van der Waals surface area contributed by atoms with Gasteiger partial charge in [-0.2, -0.15) is 0 Å². The van der Waals surface area contributed by atoms with Gasteiger partial charge in [0.2, 0.25) is 5.91 Å². The maximum absolute atomic E-state index is 10.9. The number of carbonyl (C=O) groups excluding carboxylic acids is 1. The Morgan fingerprint density at radius 3 is 2.40 bits per heavy atom. The fourth-order valence-corrected chi connectivity index (χ4v) is 1.51. The third-order valence-corrected chi connectivity index (χ3v) is 2.24. The number of rotatable bonds is 2. The minimum absolute atomic E-state index is 0.237. The minimum Gasteiger partial charge on any atom is -0.352 e. The molecule has 0 spiro atoms. The summed E-state index contributed by atoms with van der Waals surface area (Å²) in [5.74, 6) is 1.11. The van der Waals surface area contributed by atoms with Crippen LogP contribution in [0.1, 0.15) is 27.2 Å². The first-order valence-corrected chi connectivity index (χ1v) is 3.97. The first-order valence-electron chi connectivity index (χ1n) is 3.97. The van der Waals surface area contributed by atoms with Gasteiger partial charge in [-0.25, -0.2) is 0 Å². The largest absolute Gasteiger partial charge is 0.352 e. The number of hydrogen-bond donors (Lipinski definition) is 1. The Bertz CT molecular complexity index is 142. The van der Waals surface area contributed by atoms with Gasteiger partial charge in [-0.15, -0.1) is 0 Å². The van der Waals surface area contributed by atoms with Crippen LogP contribution in [0.25, 0.3) is 0 Å². The Labute approximate surface area is 62.0 Å². The fraction of sp³-hybridized carbons (Fsp3) is 0.875. The standard InChI is InChI=1S/C8H15NO/c1-4-6-7(5(2)3)9-8(6)10/h5-7H,4H2,1-3H3,(H,9,10)/t6-,7-/m1/s1. The highest BCUT2D eigenvalue weighted by molar-refractivity contribution is 5.85. The van der Waals surface area contributed by atoms with Crippen molar-refractivity contribution < 1.29 is 4.79 Å². The molecule has 0 radical (unpaired) electrons. The molecule has 2 heteroatoms. The molecule has 58 valence electrons. The van der Waals surface area contributed by atoms with E-state index in [0.29, 0.717) is 17.9 Å². The summed E-state index contributed by atoms with van der Waals surface area (Å²) in [6.45, 7) is 6.36. The first kappa shape index (κ1) is 7.58. The zero-order valence-corrected chi connectivity index (χ0v) is 6.85. The Morgan fingerprint density at radius 1 is 1.60 bits per heavy atom. The second-order valence-corrected chi connectivity index (χ2v) is 3.29. The van der Waals surface area contributed by atoms with Crippen LogP contribution < -0.4 is 5.32 Å². The van der Waals surface area contributed by atoms with Crippen LogP contribution >= 0.6 is 0 Å². The summed E-state index contributed by atoms with van der Waals surface area (Å²) in [4.78, 5) is 10.9. The van der Waals surface area contributed by atoms with Gasteiger partial charge in [-0.3, -0.25) is 4.79 Å². The zero-order chi connectivity index (χ0) is 7.72. The highest BCUT2D eigenvalue weighted by atomic mass is 16.2. The molecule has 1 saturated heterocycles. The van der Waals surface area contributed by atoms with E-state index in [1.807, 2.05) is 0 Å². The van der Waals surface area contributed by atoms with Crippen molar-refractivity contribution in [1.29, 1.82) is 0 Å². The van der Waals surface area contributed by atoms with Crippen molar-refractivity contribution in [3.8, 4) is 0 Å². The van der Waals surface area contributed by atoms with Crippen LogP contribution in [0.4, 0.5) is 0 Å². The van der Waals surface area contributed by atoms with Crippen LogP contribution in [-0.4, -0.2) is 11.9 Å². The van der Waals surface area contributed by atoms with E-state index in [4.69, 9.17) is 0 Å². The Morgan fingerprint density at radius 2 is 2.20 bits per heavy atom. The predicted octanol–water partition coefficient (Wildman–Crippen LogP) is 1.17. The molecule has 10 heavy (non-hydrogen) atoms. The molecule has 1 amide bonds. The molecule has 1 rings (SSSR count). The molecule has 0 aromatic rings. The lowest BCUT2D eigenvalue weighted by molar-refractivity contribution is -0.136. The van der Waals surface area contributed by atoms with Crippen molar-refractivity contribution in [2.24, 2.45) is 11.8 Å². The Hall–Kier alpha value is -0.530. The van der Waals surface area contributed by atoms with Crippen LogP contribution in [0.3, 0.4) is 0 Å². The molecule has 1 aliphatic heterocycles. The molecule has 0 unspecified atom stereocenters. The van der Waals surface area contributed by atoms with Crippen LogP contribution in [0.5, 0.6) is 0 Å². The van der Waals surface area contributed by atoms with E-state index in [1.165, 1.54) is 0 Å². The van der Waals surface area contributed by atoms with E-state index >= 15 is 0 Å². The average molecular weight is 141 g/mol. The van der Waals surface area contributed by atoms with Crippen molar-refractivity contribution >= 4 is 5.91 Å². The van der Waals surface area contributed by atoms with E-state index in [0.717, 1.165) is 6.42 Å². The summed E-state index contributed by atoms with van der Waals surface area (Å²) in [6, 6.07) is 0.442. The summed E-state index contributed by atoms with van der Waals surface area (Å²) in [7, 11) is 0. The van der Waals surface area contributed by atoms with Crippen molar-refractivity contribution in [2.75, 3.05) is 0 Å². The van der Waals surface area contributed by atoms with E-state index < -0.39 is 0 Å². The SMILES string of the molecule is CC[C@H]1C(=O)N[C@@H]1C(C)C. The van der Waals surface area contributed by atoms with Gasteiger partial charge in [0.1, 0.15) is 0 Å². The fourth-order valence-electron chi connectivity index (χ4n) is 1.51. The third-order valence-electron chi connectivity index (χ3n) is 2.24. The van der Waals surface area contributed by atoms with E-state index in [9.17, 15) is 4.79 Å². The number of carbonyl (C=O) groups is 1. The van der Waals surface area contributed by atoms with Crippen LogP contribution in [0.2, 0.25) is 0 Å². The highest BCUT2D eigenvalue weighted by Crippen LogP contribution is 2.24. The van der Waals surface area contributed by atoms with E-state index in [2.05, 4.69) is 26.1 Å². The Balaban J connectivity index is 2.45. The lowest BCUT2D eigenvalue weighted by atomic mass is 9.81. The highest BCUT2D eigenvalue weighted by Gasteiger charge is 2.38. The first-order chi connectivity index (χ1) is 4.66. The van der Waals surface area contributed by atoms with Crippen molar-refractivity contribution in [3.63, 3.8) is 0 Å². The van der Waals surface area contributed by atoms with E-state index in [1.54, 1.807) is 0 Å². The molecule has 1 heterocycles. The van der Waals surface area contributed by atoms with Crippen LogP contribution in [0.15, 0.2) is 0 Å². The average Bonchev–Trinajstić information content (AvgIpc) is 1.83. The van der Waals surface area contributed by atoms with Crippen LogP contribution in [0, 0.1) is 11.8 Å². The Kier molecular flexibility index (Phi) is 1.97. The minimum atomic E-state index is 0.237. The van der Waals surface area contributed by atoms with E-state index in [-0.39, 0.29) is 5.91 Å². The maximum Gasteiger partial charge on any atom is 0.225 e. The molecule has 1 fully saturated rings. The summed E-state index contributed by atoms with van der Waals surface area (Å²) in [5, 5.41) is 2.90. The quantitative estimate of drug-likeness (QED) is 0.574. The lowest BCUT2D eigenvalue weighted by Gasteiger charge is -2.39. The van der Waals surface area contributed by atoms with Crippen LogP contribution in [-0.2, 0) is 4.79 Å². The summed E-state index contributed by atoms with van der Waals surface area (Å²) >= 11 is 0. The topological polar surface area (TPSA) is 29.1 Å². The monoisotopic (exact) mass is 141 g/mol. The second-order valence-electron chi connectivity index (χ2n) is 3.29. The zero-order valence-electron chi connectivity index (χ0n) is 6.85. The molecule has 0 aromatic heterocycles. The number of amides is 1. The maximum atomic E-state index is 10.9. The number of hydrogen-bond acceptors (Lipinski definition) is 1. The molecule has 2 atom stereocenters. The smallest absolute Gasteiger partial charge is 0.225 e. The van der Waals surface area contributed by atoms with Gasteiger partial charge in [0, 0.05) is 6.04 Å². The van der Waals surface area contributed by atoms with Gasteiger partial charge < -0.3 is 5.32 Å². The summed E-state index contributed by atoms with van der Waals surface area (Å²) < 4.78 is 0. The number of β-lactam (4-membered cyclic amide) rings is 1. The predicted molar refractivity (Wildman–Crippen MR) is 40.5 cm³/mol. The summed E-state index contributed by atoms with van der Waals surface area (Å²) in [6.07, 6.45) is 0.981. The van der Waals surface area contributed by atoms with Gasteiger partial charge in [-0.05, 0) is 12.3 Å². The summed E-state index contributed by atoms with van der Waals surface area (Å²) in [5.41, 5.74) is 0.